The van der Waals surface area contributed by atoms with Gasteiger partial charge in [0.25, 0.3) is 0 Å². The molecule has 0 saturated heterocycles. The van der Waals surface area contributed by atoms with E-state index >= 15 is 0 Å². The van der Waals surface area contributed by atoms with Crippen molar-refractivity contribution in [2.45, 2.75) is 12.8 Å². The van der Waals surface area contributed by atoms with Crippen molar-refractivity contribution in [3.05, 3.63) is 52.8 Å². The number of hydrogen-bond donors (Lipinski definition) is 0. The molecular weight excluding hydrogens is 158 g/mol. The van der Waals surface area contributed by atoms with Crippen molar-refractivity contribution in [3.63, 3.8) is 0 Å². The summed E-state index contributed by atoms with van der Waals surface area (Å²) in [6.07, 6.45) is 2.26. The summed E-state index contributed by atoms with van der Waals surface area (Å²) in [7, 11) is 0. The fourth-order valence-electron chi connectivity index (χ4n) is 2.70. The first-order chi connectivity index (χ1) is 6.43. The average molecular weight is 167 g/mol. The van der Waals surface area contributed by atoms with Crippen molar-refractivity contribution < 1.29 is 0 Å². The van der Waals surface area contributed by atoms with E-state index in [0.29, 0.717) is 0 Å². The van der Waals surface area contributed by atoms with Gasteiger partial charge in [0.2, 0.25) is 0 Å². The Bertz CT molecular complexity index is 478. The molecule has 0 spiro atoms. The molecule has 2 aliphatic heterocycles. The summed E-state index contributed by atoms with van der Waals surface area (Å²) in [6.45, 7) is 0. The predicted octanol–water partition coefficient (Wildman–Crippen LogP) is 2.29. The molecule has 0 amide bonds. The Morgan fingerprint density at radius 1 is 0.846 bits per heavy atom. The third-order valence-electron chi connectivity index (χ3n) is 3.21. The van der Waals surface area contributed by atoms with Crippen LogP contribution in [0.5, 0.6) is 0 Å². The zero-order chi connectivity index (χ0) is 8.41. The molecular formula is C12H9N. The zero-order valence-corrected chi connectivity index (χ0v) is 7.25. The molecule has 0 unspecified atom stereocenters. The zero-order valence-electron chi connectivity index (χ0n) is 7.25. The molecule has 0 fully saturated rings. The third kappa shape index (κ3) is 0.539. The van der Waals surface area contributed by atoms with Crippen LogP contribution < -0.4 is 0 Å². The molecule has 2 aliphatic rings. The Morgan fingerprint density at radius 3 is 2.08 bits per heavy atom. The maximum atomic E-state index is 2.44. The van der Waals surface area contributed by atoms with E-state index in [1.165, 1.54) is 28.2 Å². The summed E-state index contributed by atoms with van der Waals surface area (Å²) in [6, 6.07) is 11.2. The molecule has 0 saturated carbocycles. The normalized spacial score (nSPS) is 15.1. The molecule has 62 valence electrons. The molecule has 2 aromatic rings. The van der Waals surface area contributed by atoms with Crippen molar-refractivity contribution in [2.24, 2.45) is 0 Å². The second-order valence-electron chi connectivity index (χ2n) is 3.93. The maximum absolute atomic E-state index is 2.44. The SMILES string of the molecule is c1cc2c3c(c1)Cc1ccc(n1-3)C2. The molecule has 1 nitrogen and oxygen atoms in total. The predicted molar refractivity (Wildman–Crippen MR) is 51.4 cm³/mol. The Hall–Kier alpha value is -1.50. The van der Waals surface area contributed by atoms with Crippen LogP contribution in [-0.2, 0) is 12.8 Å². The van der Waals surface area contributed by atoms with Gasteiger partial charge in [0.1, 0.15) is 0 Å². The first kappa shape index (κ1) is 6.03. The van der Waals surface area contributed by atoms with E-state index in [9.17, 15) is 0 Å². The highest BCUT2D eigenvalue weighted by atomic mass is 15.0. The fraction of sp³-hybridized carbons (Fsp3) is 0.167. The van der Waals surface area contributed by atoms with Gasteiger partial charge in [-0.3, -0.25) is 0 Å². The molecule has 0 N–H and O–H groups in total. The fourth-order valence-corrected chi connectivity index (χ4v) is 2.70. The molecule has 0 atom stereocenters. The molecule has 3 heterocycles. The van der Waals surface area contributed by atoms with Crippen LogP contribution in [0.3, 0.4) is 0 Å². The van der Waals surface area contributed by atoms with Crippen molar-refractivity contribution in [3.8, 4) is 5.69 Å². The monoisotopic (exact) mass is 167 g/mol. The van der Waals surface area contributed by atoms with Gasteiger partial charge in [0, 0.05) is 24.2 Å². The van der Waals surface area contributed by atoms with Crippen molar-refractivity contribution in [1.29, 1.82) is 0 Å². The average Bonchev–Trinajstić information content (AvgIpc) is 2.72. The van der Waals surface area contributed by atoms with E-state index in [1.54, 1.807) is 0 Å². The number of aromatic nitrogens is 1. The third-order valence-corrected chi connectivity index (χ3v) is 3.21. The van der Waals surface area contributed by atoms with Gasteiger partial charge in [-0.1, -0.05) is 18.2 Å². The first-order valence-corrected chi connectivity index (χ1v) is 4.74. The topological polar surface area (TPSA) is 4.93 Å². The standard InChI is InChI=1S/C12H9N/c1-2-8-6-10-4-5-11-7-9(3-1)12(8)13(10)11/h1-5H,6-7H2. The van der Waals surface area contributed by atoms with Crippen LogP contribution in [0.1, 0.15) is 22.5 Å². The lowest BCUT2D eigenvalue weighted by atomic mass is 10.1. The minimum Gasteiger partial charge on any atom is -0.317 e. The lowest BCUT2D eigenvalue weighted by Crippen LogP contribution is -1.88. The van der Waals surface area contributed by atoms with Gasteiger partial charge in [0.05, 0.1) is 5.69 Å². The van der Waals surface area contributed by atoms with Gasteiger partial charge in [0.15, 0.2) is 0 Å². The second kappa shape index (κ2) is 1.72. The molecule has 4 rings (SSSR count). The lowest BCUT2D eigenvalue weighted by Gasteiger charge is -1.99. The van der Waals surface area contributed by atoms with E-state index in [0.717, 1.165) is 12.8 Å². The highest BCUT2D eigenvalue weighted by molar-refractivity contribution is 5.61. The summed E-state index contributed by atoms with van der Waals surface area (Å²) >= 11 is 0. The molecule has 1 aromatic carbocycles. The minimum atomic E-state index is 1.13. The van der Waals surface area contributed by atoms with Crippen LogP contribution in [0.4, 0.5) is 0 Å². The van der Waals surface area contributed by atoms with Crippen molar-refractivity contribution >= 4 is 0 Å². The van der Waals surface area contributed by atoms with Gasteiger partial charge in [-0.15, -0.1) is 0 Å². The smallest absolute Gasteiger partial charge is 0.0527 e. The van der Waals surface area contributed by atoms with E-state index in [4.69, 9.17) is 0 Å². The van der Waals surface area contributed by atoms with Gasteiger partial charge in [-0.2, -0.15) is 0 Å². The van der Waals surface area contributed by atoms with Crippen LogP contribution in [0.2, 0.25) is 0 Å². The summed E-state index contributed by atoms with van der Waals surface area (Å²) in [4.78, 5) is 0. The van der Waals surface area contributed by atoms with Crippen LogP contribution >= 0.6 is 0 Å². The Balaban J connectivity index is 2.25. The minimum absolute atomic E-state index is 1.13. The summed E-state index contributed by atoms with van der Waals surface area (Å²) in [5, 5.41) is 0. The van der Waals surface area contributed by atoms with Crippen molar-refractivity contribution in [2.75, 3.05) is 0 Å². The molecule has 0 aliphatic carbocycles. The number of hydrogen-bond acceptors (Lipinski definition) is 0. The van der Waals surface area contributed by atoms with Gasteiger partial charge < -0.3 is 4.57 Å². The lowest BCUT2D eigenvalue weighted by molar-refractivity contribution is 1.02. The molecule has 1 aromatic heterocycles. The van der Waals surface area contributed by atoms with Gasteiger partial charge in [-0.05, 0) is 23.3 Å². The number of benzene rings is 1. The summed E-state index contributed by atoms with van der Waals surface area (Å²) < 4.78 is 2.44. The second-order valence-corrected chi connectivity index (χ2v) is 3.93. The van der Waals surface area contributed by atoms with Crippen molar-refractivity contribution in [1.82, 2.24) is 4.57 Å². The summed E-state index contributed by atoms with van der Waals surface area (Å²) in [5.41, 5.74) is 7.43. The molecule has 0 radical (unpaired) electrons. The Labute approximate surface area is 76.6 Å². The number of para-hydroxylation sites is 1. The Morgan fingerprint density at radius 2 is 1.46 bits per heavy atom. The molecule has 0 bridgehead atoms. The number of nitrogens with zero attached hydrogens (tertiary/aromatic N) is 1. The quantitative estimate of drug-likeness (QED) is 0.378. The van der Waals surface area contributed by atoms with E-state index in [-0.39, 0.29) is 0 Å². The van der Waals surface area contributed by atoms with Gasteiger partial charge >= 0.3 is 0 Å². The molecule has 1 heteroatoms. The maximum Gasteiger partial charge on any atom is 0.0527 e. The number of rotatable bonds is 0. The van der Waals surface area contributed by atoms with Gasteiger partial charge in [-0.25, -0.2) is 0 Å². The molecule has 13 heavy (non-hydrogen) atoms. The van der Waals surface area contributed by atoms with Crippen LogP contribution in [0, 0.1) is 0 Å². The first-order valence-electron chi connectivity index (χ1n) is 4.74. The largest absolute Gasteiger partial charge is 0.317 e. The highest BCUT2D eigenvalue weighted by Gasteiger charge is 2.28. The van der Waals surface area contributed by atoms with E-state index in [2.05, 4.69) is 34.9 Å². The van der Waals surface area contributed by atoms with Crippen LogP contribution in [-0.4, -0.2) is 4.57 Å². The van der Waals surface area contributed by atoms with E-state index in [1.807, 2.05) is 0 Å². The van der Waals surface area contributed by atoms with E-state index < -0.39 is 0 Å². The Kier molecular flexibility index (Phi) is 0.796. The van der Waals surface area contributed by atoms with Crippen LogP contribution in [0.15, 0.2) is 30.3 Å². The summed E-state index contributed by atoms with van der Waals surface area (Å²) in [5.74, 6) is 0. The highest BCUT2D eigenvalue weighted by Crippen LogP contribution is 2.38. The van der Waals surface area contributed by atoms with Crippen LogP contribution in [0.25, 0.3) is 5.69 Å².